The van der Waals surface area contributed by atoms with Crippen LogP contribution in [0.2, 0.25) is 0 Å². The van der Waals surface area contributed by atoms with Crippen LogP contribution >= 0.6 is 0 Å². The molecular formula is C18H26O6S2. The Bertz CT molecular complexity index is 1000. The highest BCUT2D eigenvalue weighted by Gasteiger charge is 2.23. The first-order valence-corrected chi connectivity index (χ1v) is 10.8. The van der Waals surface area contributed by atoms with E-state index in [0.717, 1.165) is 6.07 Å². The molecule has 0 aliphatic carbocycles. The van der Waals surface area contributed by atoms with E-state index in [1.165, 1.54) is 19.9 Å². The quantitative estimate of drug-likeness (QED) is 0.566. The minimum Gasteiger partial charge on any atom is -0.282 e. The molecule has 0 fully saturated rings. The average molecular weight is 403 g/mol. The molecule has 8 heteroatoms. The Labute approximate surface area is 156 Å². The van der Waals surface area contributed by atoms with Gasteiger partial charge in [0, 0.05) is 5.39 Å². The molecule has 2 aromatic rings. The Hall–Kier alpha value is -1.74. The van der Waals surface area contributed by atoms with Crippen molar-refractivity contribution in [1.82, 2.24) is 0 Å². The van der Waals surface area contributed by atoms with Crippen molar-refractivity contribution in [3.63, 3.8) is 0 Å². The SMILES string of the molecule is C=CC.CC.Cc1ccc2c(C)c(C)c(S(=O)(=O)O)cc2c1S(=O)(=O)O. The predicted octanol–water partition coefficient (Wildman–Crippen LogP) is 4.48. The summed E-state index contributed by atoms with van der Waals surface area (Å²) >= 11 is 0. The van der Waals surface area contributed by atoms with E-state index < -0.39 is 20.2 Å². The average Bonchev–Trinajstić information content (AvgIpc) is 2.51. The number of aryl methyl sites for hydroxylation is 2. The van der Waals surface area contributed by atoms with Gasteiger partial charge in [0.1, 0.15) is 4.90 Å². The van der Waals surface area contributed by atoms with Gasteiger partial charge in [0.2, 0.25) is 0 Å². The highest BCUT2D eigenvalue weighted by Crippen LogP contribution is 2.33. The van der Waals surface area contributed by atoms with Gasteiger partial charge < -0.3 is 0 Å². The fourth-order valence-electron chi connectivity index (χ4n) is 2.42. The van der Waals surface area contributed by atoms with Crippen LogP contribution in [0, 0.1) is 20.8 Å². The van der Waals surface area contributed by atoms with Crippen molar-refractivity contribution >= 4 is 31.0 Å². The van der Waals surface area contributed by atoms with Gasteiger partial charge in [0.15, 0.2) is 0 Å². The predicted molar refractivity (Wildman–Crippen MR) is 105 cm³/mol. The third kappa shape index (κ3) is 5.38. The highest BCUT2D eigenvalue weighted by atomic mass is 32.2. The molecule has 0 saturated carbocycles. The fourth-order valence-corrected chi connectivity index (χ4v) is 4.14. The number of rotatable bonds is 2. The summed E-state index contributed by atoms with van der Waals surface area (Å²) < 4.78 is 64.7. The van der Waals surface area contributed by atoms with Crippen LogP contribution in [-0.2, 0) is 20.2 Å². The number of benzene rings is 2. The van der Waals surface area contributed by atoms with Crippen molar-refractivity contribution in [3.05, 3.63) is 47.5 Å². The molecule has 6 nitrogen and oxygen atoms in total. The summed E-state index contributed by atoms with van der Waals surface area (Å²) in [5.74, 6) is 0. The van der Waals surface area contributed by atoms with Crippen LogP contribution in [0.5, 0.6) is 0 Å². The number of hydrogen-bond donors (Lipinski definition) is 2. The normalized spacial score (nSPS) is 11.1. The zero-order chi connectivity index (χ0) is 20.9. The van der Waals surface area contributed by atoms with Crippen molar-refractivity contribution in [2.45, 2.75) is 51.3 Å². The molecular weight excluding hydrogens is 376 g/mol. The zero-order valence-electron chi connectivity index (χ0n) is 15.9. The van der Waals surface area contributed by atoms with Crippen LogP contribution in [-0.4, -0.2) is 25.9 Å². The standard InChI is InChI=1S/C13H14O6S2.C3H6.C2H6/c1-7-4-5-10-8(2)9(3)12(20(14,15)16)6-11(10)13(7)21(17,18)19;1-3-2;1-2/h4-6H,1-3H3,(H,14,15,16)(H,17,18,19);3H,1H2,2H3;1-2H3. The van der Waals surface area contributed by atoms with E-state index in [2.05, 4.69) is 6.58 Å². The van der Waals surface area contributed by atoms with Crippen molar-refractivity contribution in [2.75, 3.05) is 0 Å². The fraction of sp³-hybridized carbons (Fsp3) is 0.333. The molecule has 0 aliphatic rings. The lowest BCUT2D eigenvalue weighted by atomic mass is 9.99. The molecule has 0 spiro atoms. The Balaban J connectivity index is 0.00000113. The Morgan fingerprint density at radius 3 is 1.73 bits per heavy atom. The molecule has 2 aromatic carbocycles. The van der Waals surface area contributed by atoms with E-state index in [-0.39, 0.29) is 20.7 Å². The number of fused-ring (bicyclic) bond motifs is 1. The van der Waals surface area contributed by atoms with Crippen LogP contribution in [0.3, 0.4) is 0 Å². The van der Waals surface area contributed by atoms with E-state index in [0.29, 0.717) is 16.5 Å². The van der Waals surface area contributed by atoms with E-state index in [1.54, 1.807) is 19.1 Å². The second kappa shape index (κ2) is 9.27. The van der Waals surface area contributed by atoms with E-state index >= 15 is 0 Å². The monoisotopic (exact) mass is 402 g/mol. The van der Waals surface area contributed by atoms with Crippen LogP contribution in [0.1, 0.15) is 37.5 Å². The maximum Gasteiger partial charge on any atom is 0.295 e. The molecule has 146 valence electrons. The van der Waals surface area contributed by atoms with Crippen LogP contribution in [0.4, 0.5) is 0 Å². The largest absolute Gasteiger partial charge is 0.295 e. The molecule has 0 amide bonds. The van der Waals surface area contributed by atoms with Gasteiger partial charge in [-0.25, -0.2) is 0 Å². The number of allylic oxidation sites excluding steroid dienone is 1. The van der Waals surface area contributed by atoms with Gasteiger partial charge in [-0.15, -0.1) is 6.58 Å². The van der Waals surface area contributed by atoms with Gasteiger partial charge in [-0.3, -0.25) is 9.11 Å². The van der Waals surface area contributed by atoms with Crippen LogP contribution in [0.15, 0.2) is 40.6 Å². The minimum absolute atomic E-state index is 0.0632. The van der Waals surface area contributed by atoms with Gasteiger partial charge >= 0.3 is 0 Å². The topological polar surface area (TPSA) is 109 Å². The molecule has 26 heavy (non-hydrogen) atoms. The lowest BCUT2D eigenvalue weighted by molar-refractivity contribution is 0.479. The van der Waals surface area contributed by atoms with Gasteiger partial charge in [0.05, 0.1) is 4.90 Å². The summed E-state index contributed by atoms with van der Waals surface area (Å²) in [5, 5.41) is 0.561. The first-order chi connectivity index (χ1) is 11.9. The lowest BCUT2D eigenvalue weighted by Gasteiger charge is -2.14. The Kier molecular flexibility index (Phi) is 8.65. The van der Waals surface area contributed by atoms with Crippen molar-refractivity contribution in [2.24, 2.45) is 0 Å². The summed E-state index contributed by atoms with van der Waals surface area (Å²) in [4.78, 5) is -0.726. The van der Waals surface area contributed by atoms with Crippen LogP contribution in [0.25, 0.3) is 10.8 Å². The van der Waals surface area contributed by atoms with Crippen molar-refractivity contribution in [1.29, 1.82) is 0 Å². The van der Waals surface area contributed by atoms with Gasteiger partial charge in [-0.2, -0.15) is 16.8 Å². The number of hydrogen-bond acceptors (Lipinski definition) is 4. The molecule has 0 saturated heterocycles. The van der Waals surface area contributed by atoms with E-state index in [9.17, 15) is 25.9 Å². The first kappa shape index (κ1) is 24.3. The maximum atomic E-state index is 11.6. The summed E-state index contributed by atoms with van der Waals surface area (Å²) in [7, 11) is -9.03. The molecule has 0 atom stereocenters. The molecule has 2 N–H and O–H groups in total. The first-order valence-electron chi connectivity index (χ1n) is 7.91. The summed E-state index contributed by atoms with van der Waals surface area (Å²) in [6.07, 6.45) is 1.75. The van der Waals surface area contributed by atoms with Gasteiger partial charge in [-0.05, 0) is 55.8 Å². The van der Waals surface area contributed by atoms with Crippen LogP contribution < -0.4 is 0 Å². The second-order valence-corrected chi connectivity index (χ2v) is 8.04. The molecule has 0 aliphatic heterocycles. The molecule has 0 aromatic heterocycles. The Morgan fingerprint density at radius 2 is 1.35 bits per heavy atom. The minimum atomic E-state index is -4.53. The Morgan fingerprint density at radius 1 is 0.885 bits per heavy atom. The molecule has 0 radical (unpaired) electrons. The maximum absolute atomic E-state index is 11.6. The highest BCUT2D eigenvalue weighted by molar-refractivity contribution is 7.86. The lowest BCUT2D eigenvalue weighted by Crippen LogP contribution is -2.06. The van der Waals surface area contributed by atoms with E-state index in [4.69, 9.17) is 0 Å². The van der Waals surface area contributed by atoms with Crippen molar-refractivity contribution in [3.8, 4) is 0 Å². The molecule has 0 bridgehead atoms. The third-order valence-corrected chi connectivity index (χ3v) is 5.58. The molecule has 2 rings (SSSR count). The van der Waals surface area contributed by atoms with Gasteiger partial charge in [0.25, 0.3) is 20.2 Å². The molecule has 0 unspecified atom stereocenters. The summed E-state index contributed by atoms with van der Waals surface area (Å²) in [6.45, 7) is 13.9. The van der Waals surface area contributed by atoms with Gasteiger partial charge in [-0.1, -0.05) is 32.1 Å². The van der Waals surface area contributed by atoms with Crippen molar-refractivity contribution < 1.29 is 25.9 Å². The third-order valence-electron chi connectivity index (χ3n) is 3.54. The zero-order valence-corrected chi connectivity index (χ0v) is 17.5. The van der Waals surface area contributed by atoms with E-state index in [1.807, 2.05) is 20.8 Å². The summed E-state index contributed by atoms with van der Waals surface area (Å²) in [5.41, 5.74) is 1.13. The molecule has 0 heterocycles. The second-order valence-electron chi connectivity index (χ2n) is 5.29. The summed E-state index contributed by atoms with van der Waals surface area (Å²) in [6, 6.07) is 4.25. The smallest absolute Gasteiger partial charge is 0.282 e.